The van der Waals surface area contributed by atoms with Crippen LogP contribution < -0.4 is 5.32 Å². The number of pyridine rings is 1. The Morgan fingerprint density at radius 2 is 1.93 bits per heavy atom. The van der Waals surface area contributed by atoms with Gasteiger partial charge in [-0.25, -0.2) is 0 Å². The Balaban J connectivity index is 0.00000131. The van der Waals surface area contributed by atoms with Crippen molar-refractivity contribution in [3.63, 3.8) is 0 Å². The molecule has 1 aromatic rings. The first kappa shape index (κ1) is 22.9. The van der Waals surface area contributed by atoms with E-state index in [1.54, 1.807) is 0 Å². The summed E-state index contributed by atoms with van der Waals surface area (Å²) in [5, 5.41) is 3.47. The van der Waals surface area contributed by atoms with Gasteiger partial charge in [0.2, 0.25) is 0 Å². The maximum atomic E-state index is 6.24. The van der Waals surface area contributed by atoms with Gasteiger partial charge >= 0.3 is 0 Å². The third-order valence-electron chi connectivity index (χ3n) is 6.17. The second kappa shape index (κ2) is 10.9. The number of nitrogens with zero attached hydrogens (tertiary/aromatic N) is 2. The molecule has 0 aromatic carbocycles. The summed E-state index contributed by atoms with van der Waals surface area (Å²) in [5.41, 5.74) is 1.18. The van der Waals surface area contributed by atoms with Gasteiger partial charge in [-0.15, -0.1) is 24.8 Å². The fraction of sp³-hybridized carbons (Fsp3) is 0.750. The maximum absolute atomic E-state index is 6.24. The number of hydrogen-bond donors (Lipinski definition) is 1. The molecule has 1 spiro atoms. The Morgan fingerprint density at radius 3 is 2.63 bits per heavy atom. The summed E-state index contributed by atoms with van der Waals surface area (Å²) in [6, 6.07) is 6.71. The zero-order chi connectivity index (χ0) is 17.0. The van der Waals surface area contributed by atoms with Crippen LogP contribution in [0.1, 0.15) is 44.2 Å². The Kier molecular flexibility index (Phi) is 9.26. The largest absolute Gasteiger partial charge is 0.375 e. The first-order chi connectivity index (χ1) is 12.3. The van der Waals surface area contributed by atoms with E-state index in [2.05, 4.69) is 15.2 Å². The smallest absolute Gasteiger partial charge is 0.0891 e. The van der Waals surface area contributed by atoms with Crippen LogP contribution in [0.5, 0.6) is 0 Å². The Labute approximate surface area is 175 Å². The summed E-state index contributed by atoms with van der Waals surface area (Å²) in [5.74, 6) is 0. The average Bonchev–Trinajstić information content (AvgIpc) is 2.68. The van der Waals surface area contributed by atoms with Gasteiger partial charge in [0.15, 0.2) is 0 Å². The van der Waals surface area contributed by atoms with Gasteiger partial charge in [-0.1, -0.05) is 6.07 Å². The number of nitrogens with one attached hydrogen (secondary N) is 1. The molecule has 154 valence electrons. The summed E-state index contributed by atoms with van der Waals surface area (Å²) >= 11 is 0. The van der Waals surface area contributed by atoms with E-state index in [1.807, 2.05) is 24.4 Å². The fourth-order valence-electron chi connectivity index (χ4n) is 4.64. The minimum absolute atomic E-state index is 0. The van der Waals surface area contributed by atoms with Crippen molar-refractivity contribution in [2.24, 2.45) is 0 Å². The Morgan fingerprint density at radius 1 is 1.15 bits per heavy atom. The van der Waals surface area contributed by atoms with E-state index in [0.29, 0.717) is 18.8 Å². The predicted octanol–water partition coefficient (Wildman–Crippen LogP) is 3.21. The highest BCUT2D eigenvalue weighted by atomic mass is 35.5. The van der Waals surface area contributed by atoms with Gasteiger partial charge in [-0.3, -0.25) is 9.88 Å². The Bertz CT molecular complexity index is 530. The van der Waals surface area contributed by atoms with Gasteiger partial charge in [0.1, 0.15) is 0 Å². The molecule has 3 aliphatic heterocycles. The molecule has 7 heteroatoms. The summed E-state index contributed by atoms with van der Waals surface area (Å²) < 4.78 is 12.3. The van der Waals surface area contributed by atoms with E-state index in [4.69, 9.17) is 9.47 Å². The molecule has 0 bridgehead atoms. The van der Waals surface area contributed by atoms with Crippen LogP contribution in [-0.4, -0.2) is 60.4 Å². The van der Waals surface area contributed by atoms with E-state index in [-0.39, 0.29) is 30.4 Å². The highest BCUT2D eigenvalue weighted by Gasteiger charge is 2.40. The first-order valence-electron chi connectivity index (χ1n) is 9.93. The van der Waals surface area contributed by atoms with Gasteiger partial charge in [0.25, 0.3) is 0 Å². The molecule has 1 unspecified atom stereocenters. The Hall–Kier alpha value is -0.430. The van der Waals surface area contributed by atoms with Gasteiger partial charge < -0.3 is 14.8 Å². The molecule has 0 amide bonds. The molecule has 0 aliphatic carbocycles. The minimum atomic E-state index is 0. The molecule has 3 saturated heterocycles. The highest BCUT2D eigenvalue weighted by molar-refractivity contribution is 5.85. The lowest BCUT2D eigenvalue weighted by atomic mass is 9.82. The SMILES string of the molecule is Cl.Cl.c1ccc(COC2CCN(C3CCOC4(CCNCC4)C3)CC2)nc1. The summed E-state index contributed by atoms with van der Waals surface area (Å²) in [6.45, 7) is 6.10. The highest BCUT2D eigenvalue weighted by Crippen LogP contribution is 2.36. The summed E-state index contributed by atoms with van der Waals surface area (Å²) in [7, 11) is 0. The lowest BCUT2D eigenvalue weighted by Crippen LogP contribution is -2.54. The molecule has 1 N–H and O–H groups in total. The average molecular weight is 418 g/mol. The second-order valence-electron chi connectivity index (χ2n) is 7.80. The van der Waals surface area contributed by atoms with Crippen molar-refractivity contribution >= 4 is 24.8 Å². The number of likely N-dealkylation sites (tertiary alicyclic amines) is 1. The van der Waals surface area contributed by atoms with E-state index in [1.165, 1.54) is 25.7 Å². The van der Waals surface area contributed by atoms with Crippen LogP contribution in [0, 0.1) is 0 Å². The molecule has 5 nitrogen and oxygen atoms in total. The molecule has 1 aromatic heterocycles. The van der Waals surface area contributed by atoms with Gasteiger partial charge in [-0.2, -0.15) is 0 Å². The summed E-state index contributed by atoms with van der Waals surface area (Å²) in [4.78, 5) is 7.05. The van der Waals surface area contributed by atoms with Crippen molar-refractivity contribution in [1.29, 1.82) is 0 Å². The van der Waals surface area contributed by atoms with Crippen molar-refractivity contribution in [3.8, 4) is 0 Å². The van der Waals surface area contributed by atoms with Crippen LogP contribution >= 0.6 is 24.8 Å². The molecule has 3 fully saturated rings. The number of ether oxygens (including phenoxy) is 2. The molecule has 4 heterocycles. The van der Waals surface area contributed by atoms with E-state index in [9.17, 15) is 0 Å². The predicted molar refractivity (Wildman–Crippen MR) is 112 cm³/mol. The van der Waals surface area contributed by atoms with Crippen LogP contribution in [0.25, 0.3) is 0 Å². The number of halogens is 2. The molecule has 4 rings (SSSR count). The third-order valence-corrected chi connectivity index (χ3v) is 6.17. The normalized spacial score (nSPS) is 26.1. The molecular weight excluding hydrogens is 385 g/mol. The number of hydrogen-bond acceptors (Lipinski definition) is 5. The van der Waals surface area contributed by atoms with Crippen LogP contribution in [0.3, 0.4) is 0 Å². The van der Waals surface area contributed by atoms with Gasteiger partial charge in [0.05, 0.1) is 24.0 Å². The van der Waals surface area contributed by atoms with Crippen molar-refractivity contribution in [2.75, 3.05) is 32.8 Å². The van der Waals surface area contributed by atoms with Crippen LogP contribution in [0.15, 0.2) is 24.4 Å². The zero-order valence-electron chi connectivity index (χ0n) is 16.0. The van der Waals surface area contributed by atoms with Crippen molar-refractivity contribution in [2.45, 2.75) is 62.9 Å². The first-order valence-corrected chi connectivity index (χ1v) is 9.93. The number of rotatable bonds is 4. The van der Waals surface area contributed by atoms with E-state index < -0.39 is 0 Å². The third kappa shape index (κ3) is 6.02. The number of aromatic nitrogens is 1. The molecule has 0 saturated carbocycles. The maximum Gasteiger partial charge on any atom is 0.0891 e. The lowest BCUT2D eigenvalue weighted by molar-refractivity contribution is -0.126. The lowest BCUT2D eigenvalue weighted by Gasteiger charge is -2.48. The number of piperidine rings is 2. The standard InChI is InChI=1S/C20H31N3O2.2ClH/c1-2-9-22-17(3-1)16-24-19-4-12-23(13-5-19)18-6-14-25-20(15-18)7-10-21-11-8-20;;/h1-3,9,18-19,21H,4-8,10-16H2;2*1H. The van der Waals surface area contributed by atoms with Crippen molar-refractivity contribution in [1.82, 2.24) is 15.2 Å². The van der Waals surface area contributed by atoms with Crippen LogP contribution in [0.2, 0.25) is 0 Å². The van der Waals surface area contributed by atoms with Gasteiger partial charge in [0, 0.05) is 31.9 Å². The monoisotopic (exact) mass is 417 g/mol. The van der Waals surface area contributed by atoms with Crippen LogP contribution in [-0.2, 0) is 16.1 Å². The summed E-state index contributed by atoms with van der Waals surface area (Å²) in [6.07, 6.45) is 9.25. The van der Waals surface area contributed by atoms with E-state index >= 15 is 0 Å². The van der Waals surface area contributed by atoms with Crippen molar-refractivity contribution in [3.05, 3.63) is 30.1 Å². The molecular formula is C20H33Cl2N3O2. The second-order valence-corrected chi connectivity index (χ2v) is 7.80. The topological polar surface area (TPSA) is 46.6 Å². The van der Waals surface area contributed by atoms with Crippen LogP contribution in [0.4, 0.5) is 0 Å². The fourth-order valence-corrected chi connectivity index (χ4v) is 4.64. The zero-order valence-corrected chi connectivity index (χ0v) is 17.6. The molecule has 3 aliphatic rings. The minimum Gasteiger partial charge on any atom is -0.375 e. The van der Waals surface area contributed by atoms with E-state index in [0.717, 1.165) is 51.3 Å². The quantitative estimate of drug-likeness (QED) is 0.814. The molecule has 27 heavy (non-hydrogen) atoms. The molecule has 0 radical (unpaired) electrons. The molecule has 1 atom stereocenters. The van der Waals surface area contributed by atoms with Crippen molar-refractivity contribution < 1.29 is 9.47 Å². The van der Waals surface area contributed by atoms with Gasteiger partial charge in [-0.05, 0) is 63.7 Å².